The van der Waals surface area contributed by atoms with Crippen molar-refractivity contribution in [3.8, 4) is 0 Å². The monoisotopic (exact) mass is 494 g/mol. The third-order valence-corrected chi connectivity index (χ3v) is 7.24. The molecule has 32 heavy (non-hydrogen) atoms. The van der Waals surface area contributed by atoms with E-state index in [1.165, 1.54) is 16.7 Å². The Morgan fingerprint density at radius 1 is 1.47 bits per heavy atom. The average Bonchev–Trinajstić information content (AvgIpc) is 3.10. The van der Waals surface area contributed by atoms with E-state index in [2.05, 4.69) is 20.5 Å². The van der Waals surface area contributed by atoms with Crippen molar-refractivity contribution in [1.82, 2.24) is 20.2 Å². The maximum Gasteiger partial charge on any atom is 0.353 e. The smallest absolute Gasteiger partial charge is 0.353 e. The fourth-order valence-corrected chi connectivity index (χ4v) is 5.65. The highest BCUT2D eigenvalue weighted by molar-refractivity contribution is 8.03. The molecule has 0 bridgehead atoms. The lowest BCUT2D eigenvalue weighted by Crippen LogP contribution is -2.71. The van der Waals surface area contributed by atoms with Gasteiger partial charge in [0, 0.05) is 22.2 Å². The largest absolute Gasteiger partial charge is 0.477 e. The molecule has 1 saturated heterocycles. The molecule has 4 heterocycles. The van der Waals surface area contributed by atoms with Crippen molar-refractivity contribution in [1.29, 1.82) is 0 Å². The molecule has 2 aromatic heterocycles. The molecule has 3 unspecified atom stereocenters. The number of thiazole rings is 1. The highest BCUT2D eigenvalue weighted by Crippen LogP contribution is 2.43. The van der Waals surface area contributed by atoms with Crippen molar-refractivity contribution < 1.29 is 19.5 Å². The van der Waals surface area contributed by atoms with Gasteiger partial charge in [-0.25, -0.2) is 9.78 Å². The molecule has 0 aliphatic carbocycles. The van der Waals surface area contributed by atoms with Crippen LogP contribution in [0.3, 0.4) is 0 Å². The molecule has 2 aromatic rings. The van der Waals surface area contributed by atoms with E-state index in [0.29, 0.717) is 17.7 Å². The Labute approximate surface area is 194 Å². The van der Waals surface area contributed by atoms with Crippen molar-refractivity contribution in [2.75, 3.05) is 5.73 Å². The molecule has 2 aliphatic heterocycles. The number of nitrogens with one attached hydrogen (secondary N) is 1. The van der Waals surface area contributed by atoms with Crippen molar-refractivity contribution in [3.63, 3.8) is 0 Å². The predicted molar refractivity (Wildman–Crippen MR) is 117 cm³/mol. The molecule has 4 rings (SSSR count). The standard InChI is InChI=1S/C18H15ClN6O5S2/c19-14-11(23-18(20)32-14)12(24-30)15(26)22-10-8-3-4-9(31-7-2-1-5-21-6-7)13(17(28)29)25(8)16(10)27/h1-2,5-6,8,10,12H,3-4H2,(H2,20,23)(H,22,26)(H,28,29). The summed E-state index contributed by atoms with van der Waals surface area (Å²) in [6.45, 7) is 0. The number of halogens is 1. The number of nitrogens with two attached hydrogens (primary N) is 1. The number of rotatable bonds is 7. The number of hydrogen-bond donors (Lipinski definition) is 3. The first kappa shape index (κ1) is 22.2. The zero-order valence-electron chi connectivity index (χ0n) is 16.1. The van der Waals surface area contributed by atoms with Crippen LogP contribution < -0.4 is 11.1 Å². The van der Waals surface area contributed by atoms with Gasteiger partial charge >= 0.3 is 5.97 Å². The zero-order valence-corrected chi connectivity index (χ0v) is 18.5. The average molecular weight is 495 g/mol. The number of nitroso groups, excluding NO2 is 1. The number of pyridine rings is 1. The number of fused-ring (bicyclic) bond motifs is 1. The molecule has 4 N–H and O–H groups in total. The van der Waals surface area contributed by atoms with E-state index >= 15 is 0 Å². The number of β-lactam (4-membered cyclic amide) rings is 1. The van der Waals surface area contributed by atoms with Gasteiger partial charge in [0.1, 0.15) is 21.8 Å². The molecule has 3 atom stereocenters. The number of nitrogens with zero attached hydrogens (tertiary/aromatic N) is 4. The number of anilines is 1. The molecule has 0 aromatic carbocycles. The van der Waals surface area contributed by atoms with Crippen molar-refractivity contribution in [3.05, 3.63) is 50.1 Å². The summed E-state index contributed by atoms with van der Waals surface area (Å²) in [4.78, 5) is 59.0. The fourth-order valence-electron chi connectivity index (χ4n) is 3.63. The van der Waals surface area contributed by atoms with Gasteiger partial charge < -0.3 is 16.2 Å². The van der Waals surface area contributed by atoms with Gasteiger partial charge in [0.2, 0.25) is 6.04 Å². The summed E-state index contributed by atoms with van der Waals surface area (Å²) in [5, 5.41) is 15.1. The van der Waals surface area contributed by atoms with E-state index in [1.54, 1.807) is 24.5 Å². The second-order valence-electron chi connectivity index (χ2n) is 6.89. The summed E-state index contributed by atoms with van der Waals surface area (Å²) in [6, 6.07) is 0.405. The van der Waals surface area contributed by atoms with Gasteiger partial charge in [-0.1, -0.05) is 34.7 Å². The summed E-state index contributed by atoms with van der Waals surface area (Å²) in [5.41, 5.74) is 5.34. The van der Waals surface area contributed by atoms with E-state index in [0.717, 1.165) is 16.2 Å². The number of aromatic nitrogens is 2. The highest BCUT2D eigenvalue weighted by atomic mass is 35.5. The summed E-state index contributed by atoms with van der Waals surface area (Å²) in [5.74, 6) is -2.68. The number of carbonyl (C=O) groups excluding carboxylic acids is 2. The molecule has 166 valence electrons. The molecule has 11 nitrogen and oxygen atoms in total. The molecule has 14 heteroatoms. The molecule has 0 radical (unpaired) electrons. The summed E-state index contributed by atoms with van der Waals surface area (Å²) >= 11 is 8.09. The molecular formula is C18H15ClN6O5S2. The van der Waals surface area contributed by atoms with Crippen LogP contribution in [0.15, 0.2) is 45.2 Å². The normalized spacial score (nSPS) is 20.9. The van der Waals surface area contributed by atoms with Crippen LogP contribution in [0.1, 0.15) is 24.6 Å². The predicted octanol–water partition coefficient (Wildman–Crippen LogP) is 2.16. The minimum atomic E-state index is -1.58. The Morgan fingerprint density at radius 3 is 2.84 bits per heavy atom. The van der Waals surface area contributed by atoms with Gasteiger partial charge in [0.25, 0.3) is 11.8 Å². The maximum atomic E-state index is 12.8. The van der Waals surface area contributed by atoms with E-state index < -0.39 is 35.9 Å². The lowest BCUT2D eigenvalue weighted by atomic mass is 9.86. The van der Waals surface area contributed by atoms with Gasteiger partial charge in [0.15, 0.2) is 5.13 Å². The number of carbonyl (C=O) groups is 3. The number of thioether (sulfide) groups is 1. The Balaban J connectivity index is 1.52. The minimum absolute atomic E-state index is 0.0506. The van der Waals surface area contributed by atoms with Gasteiger partial charge in [-0.2, -0.15) is 0 Å². The van der Waals surface area contributed by atoms with E-state index in [9.17, 15) is 24.4 Å². The number of allylic oxidation sites excluding steroid dienone is 1. The summed E-state index contributed by atoms with van der Waals surface area (Å²) in [6.07, 6.45) is 4.03. The maximum absolute atomic E-state index is 12.8. The van der Waals surface area contributed by atoms with Crippen molar-refractivity contribution in [2.24, 2.45) is 5.18 Å². The second-order valence-corrected chi connectivity index (χ2v) is 9.69. The van der Waals surface area contributed by atoms with Crippen molar-refractivity contribution >= 4 is 57.6 Å². The Morgan fingerprint density at radius 2 is 2.25 bits per heavy atom. The Kier molecular flexibility index (Phi) is 6.13. The fraction of sp³-hybridized carbons (Fsp3) is 0.278. The summed E-state index contributed by atoms with van der Waals surface area (Å²) in [7, 11) is 0. The SMILES string of the molecule is Nc1nc(C(N=O)C(=O)NC2C(=O)N3C(C(=O)O)=C(Sc4cccnc4)CCC23)c(Cl)s1. The highest BCUT2D eigenvalue weighted by Gasteiger charge is 2.54. The van der Waals surface area contributed by atoms with Crippen LogP contribution in [0.25, 0.3) is 0 Å². The number of carboxylic acid groups (broad SMARTS) is 1. The lowest BCUT2D eigenvalue weighted by molar-refractivity contribution is -0.156. The minimum Gasteiger partial charge on any atom is -0.477 e. The van der Waals surface area contributed by atoms with Crippen LogP contribution in [0, 0.1) is 4.91 Å². The van der Waals surface area contributed by atoms with E-state index in [-0.39, 0.29) is 20.9 Å². The van der Waals surface area contributed by atoms with Crippen LogP contribution in [0.2, 0.25) is 4.34 Å². The summed E-state index contributed by atoms with van der Waals surface area (Å²) < 4.78 is 0.0506. The first-order valence-electron chi connectivity index (χ1n) is 9.23. The quantitative estimate of drug-likeness (QED) is 0.385. The first-order valence-corrected chi connectivity index (χ1v) is 11.2. The van der Waals surface area contributed by atoms with Gasteiger partial charge in [0.05, 0.1) is 6.04 Å². The third kappa shape index (κ3) is 3.94. The number of carboxylic acids is 1. The topological polar surface area (TPSA) is 168 Å². The number of nitrogen functional groups attached to an aromatic ring is 1. The van der Waals surface area contributed by atoms with Crippen LogP contribution in [0.4, 0.5) is 5.13 Å². The van der Waals surface area contributed by atoms with Crippen LogP contribution in [-0.4, -0.2) is 49.8 Å². The van der Waals surface area contributed by atoms with E-state index in [4.69, 9.17) is 17.3 Å². The third-order valence-electron chi connectivity index (χ3n) is 5.01. The number of hydrogen-bond acceptors (Lipinski definition) is 10. The van der Waals surface area contributed by atoms with Crippen LogP contribution >= 0.6 is 34.7 Å². The molecule has 1 fully saturated rings. The Hall–Kier alpha value is -3.03. The molecule has 2 amide bonds. The number of aliphatic carboxylic acids is 1. The van der Waals surface area contributed by atoms with E-state index in [1.807, 2.05) is 0 Å². The van der Waals surface area contributed by atoms with Gasteiger partial charge in [-0.05, 0) is 30.2 Å². The van der Waals surface area contributed by atoms with Crippen LogP contribution in [0.5, 0.6) is 0 Å². The molecule has 2 aliphatic rings. The lowest BCUT2D eigenvalue weighted by Gasteiger charge is -2.50. The number of amides is 2. The molecule has 0 spiro atoms. The molecule has 0 saturated carbocycles. The first-order chi connectivity index (χ1) is 15.3. The van der Waals surface area contributed by atoms with Gasteiger partial charge in [-0.15, -0.1) is 4.91 Å². The Bertz CT molecular complexity index is 1140. The van der Waals surface area contributed by atoms with Crippen LogP contribution in [-0.2, 0) is 14.4 Å². The second kappa shape index (κ2) is 8.84. The zero-order chi connectivity index (χ0) is 23.0. The molecular weight excluding hydrogens is 480 g/mol. The van der Waals surface area contributed by atoms with Crippen molar-refractivity contribution in [2.45, 2.75) is 35.9 Å². The van der Waals surface area contributed by atoms with Gasteiger partial charge in [-0.3, -0.25) is 19.5 Å².